The van der Waals surface area contributed by atoms with Crippen LogP contribution in [0.5, 0.6) is 5.75 Å². The Balaban J connectivity index is 2.32. The van der Waals surface area contributed by atoms with E-state index in [0.717, 1.165) is 0 Å². The third kappa shape index (κ3) is 3.63. The standard InChI is InChI=1S/C11H11NO2/c1-2-12-9-8-11(13)14-10-6-4-3-5-7-10/h1,3-7,12H,8-9H2. The SMILES string of the molecule is C#CNCCC(=O)Oc1ccccc1. The quantitative estimate of drug-likeness (QED) is 0.254. The van der Waals surface area contributed by atoms with Gasteiger partial charge in [-0.2, -0.15) is 0 Å². The number of para-hydroxylation sites is 1. The number of hydrogen-bond donors (Lipinski definition) is 1. The highest BCUT2D eigenvalue weighted by molar-refractivity contribution is 5.72. The molecule has 1 rings (SSSR count). The van der Waals surface area contributed by atoms with Crippen LogP contribution in [0.15, 0.2) is 30.3 Å². The third-order valence-electron chi connectivity index (χ3n) is 1.53. The van der Waals surface area contributed by atoms with Crippen LogP contribution in [0, 0.1) is 12.5 Å². The number of rotatable bonds is 4. The minimum atomic E-state index is -0.293. The first-order valence-corrected chi connectivity index (χ1v) is 4.27. The summed E-state index contributed by atoms with van der Waals surface area (Å²) in [5, 5.41) is 2.59. The molecule has 0 bridgehead atoms. The zero-order valence-corrected chi connectivity index (χ0v) is 7.69. The van der Waals surface area contributed by atoms with E-state index in [1.54, 1.807) is 12.1 Å². The van der Waals surface area contributed by atoms with Gasteiger partial charge in [0, 0.05) is 12.6 Å². The highest BCUT2D eigenvalue weighted by Gasteiger charge is 2.02. The van der Waals surface area contributed by atoms with Gasteiger partial charge in [0.2, 0.25) is 0 Å². The second-order valence-corrected chi connectivity index (χ2v) is 2.61. The van der Waals surface area contributed by atoms with Crippen molar-refractivity contribution in [2.24, 2.45) is 0 Å². The van der Waals surface area contributed by atoms with Gasteiger partial charge in [-0.3, -0.25) is 4.79 Å². The monoisotopic (exact) mass is 189 g/mol. The van der Waals surface area contributed by atoms with Crippen LogP contribution >= 0.6 is 0 Å². The Morgan fingerprint density at radius 3 is 2.79 bits per heavy atom. The molecule has 0 aliphatic carbocycles. The number of carbonyl (C=O) groups excluding carboxylic acids is 1. The van der Waals surface area contributed by atoms with Crippen molar-refractivity contribution >= 4 is 5.97 Å². The second-order valence-electron chi connectivity index (χ2n) is 2.61. The average molecular weight is 189 g/mol. The van der Waals surface area contributed by atoms with Gasteiger partial charge in [-0.15, -0.1) is 0 Å². The summed E-state index contributed by atoms with van der Waals surface area (Å²) < 4.78 is 5.01. The van der Waals surface area contributed by atoms with Crippen molar-refractivity contribution in [3.05, 3.63) is 30.3 Å². The lowest BCUT2D eigenvalue weighted by Gasteiger charge is -2.02. The van der Waals surface area contributed by atoms with Crippen LogP contribution in [0.4, 0.5) is 0 Å². The molecule has 0 radical (unpaired) electrons. The highest BCUT2D eigenvalue weighted by Crippen LogP contribution is 2.08. The molecule has 14 heavy (non-hydrogen) atoms. The van der Waals surface area contributed by atoms with E-state index in [-0.39, 0.29) is 12.4 Å². The molecule has 72 valence electrons. The number of nitrogens with one attached hydrogen (secondary N) is 1. The molecule has 0 heterocycles. The van der Waals surface area contributed by atoms with Gasteiger partial charge in [0.15, 0.2) is 0 Å². The van der Waals surface area contributed by atoms with Crippen molar-refractivity contribution in [2.45, 2.75) is 6.42 Å². The molecule has 0 saturated carbocycles. The van der Waals surface area contributed by atoms with Gasteiger partial charge < -0.3 is 10.1 Å². The van der Waals surface area contributed by atoms with E-state index in [2.05, 4.69) is 11.4 Å². The molecule has 0 unspecified atom stereocenters. The van der Waals surface area contributed by atoms with E-state index < -0.39 is 0 Å². The molecular weight excluding hydrogens is 178 g/mol. The first-order valence-electron chi connectivity index (χ1n) is 4.27. The van der Waals surface area contributed by atoms with E-state index in [1.807, 2.05) is 18.2 Å². The highest BCUT2D eigenvalue weighted by atomic mass is 16.5. The van der Waals surface area contributed by atoms with Crippen molar-refractivity contribution in [3.63, 3.8) is 0 Å². The number of benzene rings is 1. The fourth-order valence-electron chi connectivity index (χ4n) is 0.908. The summed E-state index contributed by atoms with van der Waals surface area (Å²) in [6.07, 6.45) is 5.22. The van der Waals surface area contributed by atoms with Crippen LogP contribution in [0.3, 0.4) is 0 Å². The summed E-state index contributed by atoms with van der Waals surface area (Å²) in [4.78, 5) is 11.2. The molecule has 1 N–H and O–H groups in total. The van der Waals surface area contributed by atoms with E-state index in [0.29, 0.717) is 12.3 Å². The van der Waals surface area contributed by atoms with Gasteiger partial charge in [-0.25, -0.2) is 0 Å². The van der Waals surface area contributed by atoms with Crippen LogP contribution in [-0.2, 0) is 4.79 Å². The predicted molar refractivity (Wildman–Crippen MR) is 53.5 cm³/mol. The lowest BCUT2D eigenvalue weighted by atomic mass is 10.3. The van der Waals surface area contributed by atoms with Crippen LogP contribution < -0.4 is 10.1 Å². The summed E-state index contributed by atoms with van der Waals surface area (Å²) in [6, 6.07) is 11.2. The molecule has 0 saturated heterocycles. The third-order valence-corrected chi connectivity index (χ3v) is 1.53. The van der Waals surface area contributed by atoms with E-state index >= 15 is 0 Å². The molecule has 0 spiro atoms. The fourth-order valence-corrected chi connectivity index (χ4v) is 0.908. The Labute approximate surface area is 83.1 Å². The number of carbonyl (C=O) groups is 1. The minimum absolute atomic E-state index is 0.263. The lowest BCUT2D eigenvalue weighted by Crippen LogP contribution is -2.16. The van der Waals surface area contributed by atoms with Crippen molar-refractivity contribution in [3.8, 4) is 18.2 Å². The largest absolute Gasteiger partial charge is 0.426 e. The van der Waals surface area contributed by atoms with Crippen molar-refractivity contribution in [1.82, 2.24) is 5.32 Å². The van der Waals surface area contributed by atoms with Crippen molar-refractivity contribution < 1.29 is 9.53 Å². The smallest absolute Gasteiger partial charge is 0.312 e. The Morgan fingerprint density at radius 1 is 1.43 bits per heavy atom. The maximum Gasteiger partial charge on any atom is 0.312 e. The summed E-state index contributed by atoms with van der Waals surface area (Å²) in [6.45, 7) is 0.433. The zero-order chi connectivity index (χ0) is 10.2. The second kappa shape index (κ2) is 5.65. The number of ether oxygens (including phenoxy) is 1. The summed E-state index contributed by atoms with van der Waals surface area (Å²) in [5.74, 6) is 0.261. The van der Waals surface area contributed by atoms with E-state index in [4.69, 9.17) is 11.2 Å². The maximum absolute atomic E-state index is 11.2. The molecule has 3 nitrogen and oxygen atoms in total. The molecule has 1 aromatic rings. The van der Waals surface area contributed by atoms with Gasteiger partial charge >= 0.3 is 5.97 Å². The normalized spacial score (nSPS) is 8.79. The van der Waals surface area contributed by atoms with E-state index in [1.165, 1.54) is 0 Å². The molecule has 0 atom stereocenters. The summed E-state index contributed by atoms with van der Waals surface area (Å²) >= 11 is 0. The first-order chi connectivity index (χ1) is 6.83. The Bertz CT molecular complexity index is 327. The van der Waals surface area contributed by atoms with Crippen molar-refractivity contribution in [1.29, 1.82) is 0 Å². The number of esters is 1. The molecule has 3 heteroatoms. The van der Waals surface area contributed by atoms with Crippen LogP contribution in [0.1, 0.15) is 6.42 Å². The number of terminal acetylenes is 1. The minimum Gasteiger partial charge on any atom is -0.426 e. The Morgan fingerprint density at radius 2 is 2.14 bits per heavy atom. The molecule has 0 aromatic heterocycles. The molecule has 0 fully saturated rings. The number of hydrogen-bond acceptors (Lipinski definition) is 3. The van der Waals surface area contributed by atoms with Gasteiger partial charge in [-0.05, 0) is 12.1 Å². The van der Waals surface area contributed by atoms with Crippen LogP contribution in [0.2, 0.25) is 0 Å². The van der Waals surface area contributed by atoms with Gasteiger partial charge in [0.25, 0.3) is 0 Å². The summed E-state index contributed by atoms with van der Waals surface area (Å²) in [5.41, 5.74) is 0. The predicted octanol–water partition coefficient (Wildman–Crippen LogP) is 1.16. The fraction of sp³-hybridized carbons (Fsp3) is 0.182. The van der Waals surface area contributed by atoms with Gasteiger partial charge in [-0.1, -0.05) is 24.6 Å². The van der Waals surface area contributed by atoms with Gasteiger partial charge in [0.05, 0.1) is 6.42 Å². The first kappa shape index (κ1) is 10.1. The molecule has 1 aromatic carbocycles. The zero-order valence-electron chi connectivity index (χ0n) is 7.69. The molecular formula is C11H11NO2. The van der Waals surface area contributed by atoms with E-state index in [9.17, 15) is 4.79 Å². The Hall–Kier alpha value is -1.95. The Kier molecular flexibility index (Phi) is 4.09. The average Bonchev–Trinajstić information content (AvgIpc) is 2.20. The molecule has 0 amide bonds. The topological polar surface area (TPSA) is 38.3 Å². The summed E-state index contributed by atoms with van der Waals surface area (Å²) in [7, 11) is 0. The molecule has 0 aliphatic rings. The lowest BCUT2D eigenvalue weighted by molar-refractivity contribution is -0.134. The molecule has 0 aliphatic heterocycles. The maximum atomic E-state index is 11.2. The van der Waals surface area contributed by atoms with Crippen molar-refractivity contribution in [2.75, 3.05) is 6.54 Å². The van der Waals surface area contributed by atoms with Crippen LogP contribution in [0.25, 0.3) is 0 Å². The van der Waals surface area contributed by atoms with Crippen LogP contribution in [-0.4, -0.2) is 12.5 Å². The van der Waals surface area contributed by atoms with Gasteiger partial charge in [0.1, 0.15) is 5.75 Å².